The molecule has 0 saturated heterocycles. The number of hydrogen-bond donors (Lipinski definition) is 1. The van der Waals surface area contributed by atoms with E-state index in [2.05, 4.69) is 13.0 Å². The van der Waals surface area contributed by atoms with Gasteiger partial charge in [0.05, 0.1) is 6.42 Å². The van der Waals surface area contributed by atoms with E-state index in [1.807, 2.05) is 19.9 Å². The zero-order valence-corrected chi connectivity index (χ0v) is 20.0. The Kier molecular flexibility index (Phi) is 5.88. The lowest BCUT2D eigenvalue weighted by atomic mass is 9.51. The summed E-state index contributed by atoms with van der Waals surface area (Å²) < 4.78 is 5.14. The molecule has 4 rings (SSSR count). The van der Waals surface area contributed by atoms with Crippen LogP contribution in [0.2, 0.25) is 0 Å². The van der Waals surface area contributed by atoms with Crippen LogP contribution in [0, 0.1) is 28.6 Å². The highest BCUT2D eigenvalue weighted by atomic mass is 16.5. The van der Waals surface area contributed by atoms with Gasteiger partial charge >= 0.3 is 5.97 Å². The zero-order chi connectivity index (χ0) is 24.2. The molecule has 4 aliphatic rings. The second-order valence-electron chi connectivity index (χ2n) is 10.8. The molecule has 0 amide bonds. The molecule has 6 atom stereocenters. The molecule has 0 radical (unpaired) electrons. The number of Topliss-reactive ketones (excluding diaryl/α,β-unsaturated/α-hetero) is 2. The second kappa shape index (κ2) is 8.15. The minimum atomic E-state index is -1.59. The standard InChI is InChI=1S/C27H34O6/c1-16-13-22-20-7-6-18-14-19(29)9-11-25(18,3)21(20)10-12-26(22,4)27(16,32)23(30)15-33-24(31)8-5-17(2)28/h9-11,14,16,20,22,32H,5-8,12-13,15H2,1-4H3/t16-,20?,22?,25-,26-,27-/m0/s1. The summed E-state index contributed by atoms with van der Waals surface area (Å²) in [5, 5.41) is 11.8. The molecule has 2 fully saturated rings. The second-order valence-corrected chi connectivity index (χ2v) is 10.8. The van der Waals surface area contributed by atoms with E-state index in [4.69, 9.17) is 4.74 Å². The predicted molar refractivity (Wildman–Crippen MR) is 122 cm³/mol. The average Bonchev–Trinajstić information content (AvgIpc) is 2.98. The Morgan fingerprint density at radius 1 is 1.21 bits per heavy atom. The third kappa shape index (κ3) is 3.58. The summed E-state index contributed by atoms with van der Waals surface area (Å²) in [5.74, 6) is -1.05. The fourth-order valence-electron chi connectivity index (χ4n) is 7.07. The maximum atomic E-state index is 13.3. The van der Waals surface area contributed by atoms with E-state index in [-0.39, 0.29) is 47.6 Å². The normalized spacial score (nSPS) is 39.1. The molecule has 4 aliphatic carbocycles. The highest BCUT2D eigenvalue weighted by Crippen LogP contribution is 2.66. The van der Waals surface area contributed by atoms with Gasteiger partial charge < -0.3 is 14.6 Å². The predicted octanol–water partition coefficient (Wildman–Crippen LogP) is 3.67. The summed E-state index contributed by atoms with van der Waals surface area (Å²) in [7, 11) is 0. The number of carbonyl (C=O) groups excluding carboxylic acids is 4. The van der Waals surface area contributed by atoms with Gasteiger partial charge in [-0.1, -0.05) is 37.1 Å². The van der Waals surface area contributed by atoms with Crippen LogP contribution in [0.4, 0.5) is 0 Å². The summed E-state index contributed by atoms with van der Waals surface area (Å²) in [6.45, 7) is 7.00. The van der Waals surface area contributed by atoms with Gasteiger partial charge in [0.1, 0.15) is 11.4 Å². The van der Waals surface area contributed by atoms with Crippen molar-refractivity contribution in [1.82, 2.24) is 0 Å². The van der Waals surface area contributed by atoms with Crippen LogP contribution in [0.5, 0.6) is 0 Å². The van der Waals surface area contributed by atoms with E-state index in [1.54, 1.807) is 12.2 Å². The summed E-state index contributed by atoms with van der Waals surface area (Å²) in [5.41, 5.74) is -0.0782. The third-order valence-corrected chi connectivity index (χ3v) is 9.00. The SMILES string of the molecule is CC(=O)CCC(=O)OCC(=O)[C@@]1(O)[C@@H](C)CC2C3CCC4=CC(=O)C=C[C@]4(C)C3=CC[C@@]21C. The first-order valence-corrected chi connectivity index (χ1v) is 12.0. The molecular weight excluding hydrogens is 420 g/mol. The Morgan fingerprint density at radius 3 is 2.64 bits per heavy atom. The monoisotopic (exact) mass is 454 g/mol. The van der Waals surface area contributed by atoms with Crippen LogP contribution >= 0.6 is 0 Å². The van der Waals surface area contributed by atoms with E-state index < -0.39 is 29.4 Å². The number of carbonyl (C=O) groups is 4. The van der Waals surface area contributed by atoms with Crippen LogP contribution in [-0.2, 0) is 23.9 Å². The number of ether oxygens (including phenoxy) is 1. The minimum absolute atomic E-state index is 0.0366. The van der Waals surface area contributed by atoms with Crippen molar-refractivity contribution < 1.29 is 29.0 Å². The smallest absolute Gasteiger partial charge is 0.306 e. The Hall–Kier alpha value is -2.34. The fraction of sp³-hybridized carbons (Fsp3) is 0.630. The van der Waals surface area contributed by atoms with Gasteiger partial charge in [0.15, 0.2) is 12.4 Å². The maximum Gasteiger partial charge on any atom is 0.306 e. The fourth-order valence-corrected chi connectivity index (χ4v) is 7.07. The molecule has 0 spiro atoms. The lowest BCUT2D eigenvalue weighted by Gasteiger charge is -2.53. The largest absolute Gasteiger partial charge is 0.458 e. The van der Waals surface area contributed by atoms with E-state index in [9.17, 15) is 24.3 Å². The lowest BCUT2D eigenvalue weighted by molar-refractivity contribution is -0.168. The Morgan fingerprint density at radius 2 is 1.94 bits per heavy atom. The molecular formula is C27H34O6. The molecule has 6 heteroatoms. The summed E-state index contributed by atoms with van der Waals surface area (Å²) in [6.07, 6.45) is 10.6. The minimum Gasteiger partial charge on any atom is -0.458 e. The van der Waals surface area contributed by atoms with Gasteiger partial charge in [-0.25, -0.2) is 0 Å². The van der Waals surface area contributed by atoms with Crippen LogP contribution in [0.1, 0.15) is 66.2 Å². The first-order valence-electron chi connectivity index (χ1n) is 12.0. The van der Waals surface area contributed by atoms with E-state index in [0.717, 1.165) is 24.8 Å². The van der Waals surface area contributed by atoms with Gasteiger partial charge in [-0.15, -0.1) is 0 Å². The van der Waals surface area contributed by atoms with Crippen molar-refractivity contribution >= 4 is 23.3 Å². The maximum absolute atomic E-state index is 13.3. The Labute approximate surface area is 195 Å². The zero-order valence-electron chi connectivity index (χ0n) is 20.0. The highest BCUT2D eigenvalue weighted by molar-refractivity contribution is 6.01. The Bertz CT molecular complexity index is 1000. The van der Waals surface area contributed by atoms with Crippen molar-refractivity contribution in [2.24, 2.45) is 28.6 Å². The van der Waals surface area contributed by atoms with Crippen LogP contribution in [0.15, 0.2) is 35.5 Å². The van der Waals surface area contributed by atoms with Crippen LogP contribution in [0.3, 0.4) is 0 Å². The lowest BCUT2D eigenvalue weighted by Crippen LogP contribution is -2.57. The number of ketones is 3. The van der Waals surface area contributed by atoms with Crippen LogP contribution < -0.4 is 0 Å². The van der Waals surface area contributed by atoms with Crippen molar-refractivity contribution in [3.8, 4) is 0 Å². The molecule has 0 aromatic heterocycles. The van der Waals surface area contributed by atoms with Gasteiger partial charge in [-0.3, -0.25) is 14.4 Å². The molecule has 0 aromatic carbocycles. The van der Waals surface area contributed by atoms with Gasteiger partial charge in [0.25, 0.3) is 0 Å². The molecule has 0 aliphatic heterocycles. The number of esters is 1. The van der Waals surface area contributed by atoms with Crippen LogP contribution in [0.25, 0.3) is 0 Å². The molecule has 2 saturated carbocycles. The van der Waals surface area contributed by atoms with E-state index in [1.165, 1.54) is 12.5 Å². The molecule has 6 nitrogen and oxygen atoms in total. The number of fused-ring (bicyclic) bond motifs is 5. The summed E-state index contributed by atoms with van der Waals surface area (Å²) in [4.78, 5) is 48.3. The molecule has 178 valence electrons. The van der Waals surface area contributed by atoms with Crippen molar-refractivity contribution in [2.45, 2.75) is 71.8 Å². The first kappa shape index (κ1) is 23.8. The van der Waals surface area contributed by atoms with Gasteiger partial charge in [-0.05, 0) is 69.4 Å². The average molecular weight is 455 g/mol. The highest BCUT2D eigenvalue weighted by Gasteiger charge is 2.67. The third-order valence-electron chi connectivity index (χ3n) is 9.00. The topological polar surface area (TPSA) is 97.7 Å². The molecule has 0 heterocycles. The van der Waals surface area contributed by atoms with Gasteiger partial charge in [-0.2, -0.15) is 0 Å². The van der Waals surface area contributed by atoms with Crippen molar-refractivity contribution in [2.75, 3.05) is 6.61 Å². The van der Waals surface area contributed by atoms with Crippen molar-refractivity contribution in [3.63, 3.8) is 0 Å². The quantitative estimate of drug-likeness (QED) is 0.486. The molecule has 1 N–H and O–H groups in total. The molecule has 33 heavy (non-hydrogen) atoms. The van der Waals surface area contributed by atoms with Gasteiger partial charge in [0.2, 0.25) is 5.78 Å². The van der Waals surface area contributed by atoms with Gasteiger partial charge in [0, 0.05) is 17.3 Å². The van der Waals surface area contributed by atoms with E-state index >= 15 is 0 Å². The molecule has 2 unspecified atom stereocenters. The Balaban J connectivity index is 1.58. The number of aliphatic hydroxyl groups is 1. The number of allylic oxidation sites excluding steroid dienone is 6. The van der Waals surface area contributed by atoms with Crippen LogP contribution in [-0.4, -0.2) is 40.6 Å². The van der Waals surface area contributed by atoms with E-state index in [0.29, 0.717) is 6.42 Å². The number of rotatable bonds is 6. The van der Waals surface area contributed by atoms with Crippen molar-refractivity contribution in [3.05, 3.63) is 35.5 Å². The molecule has 0 bridgehead atoms. The summed E-state index contributed by atoms with van der Waals surface area (Å²) in [6, 6.07) is 0. The molecule has 0 aromatic rings. The first-order chi connectivity index (χ1) is 15.4. The number of hydrogen-bond acceptors (Lipinski definition) is 6. The summed E-state index contributed by atoms with van der Waals surface area (Å²) >= 11 is 0. The van der Waals surface area contributed by atoms with Crippen molar-refractivity contribution in [1.29, 1.82) is 0 Å².